The Morgan fingerprint density at radius 3 is 2.62 bits per heavy atom. The summed E-state index contributed by atoms with van der Waals surface area (Å²) in [6.07, 6.45) is 0. The third-order valence-electron chi connectivity index (χ3n) is 1.77. The highest BCUT2D eigenvalue weighted by atomic mass is 19.1. The van der Waals surface area contributed by atoms with Crippen LogP contribution in [-0.2, 0) is 9.53 Å². The fourth-order valence-corrected chi connectivity index (χ4v) is 0.954. The van der Waals surface area contributed by atoms with E-state index in [9.17, 15) is 9.18 Å². The number of nitrogens with one attached hydrogen (secondary N) is 1. The lowest BCUT2D eigenvalue weighted by Crippen LogP contribution is -2.15. The highest BCUT2D eigenvalue weighted by Gasteiger charge is 2.05. The molecule has 0 aliphatic rings. The summed E-state index contributed by atoms with van der Waals surface area (Å²) < 4.78 is 17.3. The summed E-state index contributed by atoms with van der Waals surface area (Å²) >= 11 is 0. The molecule has 0 amide bonds. The molecule has 1 rings (SSSR count). The van der Waals surface area contributed by atoms with Crippen LogP contribution in [0.15, 0.2) is 29.4 Å². The Morgan fingerprint density at radius 2 is 2.06 bits per heavy atom. The summed E-state index contributed by atoms with van der Waals surface area (Å²) in [5.41, 5.74) is 3.45. The van der Waals surface area contributed by atoms with E-state index in [0.717, 1.165) is 0 Å². The molecule has 0 unspecified atom stereocenters. The van der Waals surface area contributed by atoms with Crippen LogP contribution in [0, 0.1) is 5.82 Å². The van der Waals surface area contributed by atoms with Gasteiger partial charge in [-0.15, -0.1) is 0 Å². The zero-order valence-corrected chi connectivity index (χ0v) is 9.16. The Morgan fingerprint density at radius 1 is 1.44 bits per heavy atom. The second-order valence-electron chi connectivity index (χ2n) is 3.04. The number of hydrogen-bond acceptors (Lipinski definition) is 4. The molecule has 86 valence electrons. The number of benzene rings is 1. The van der Waals surface area contributed by atoms with E-state index in [-0.39, 0.29) is 11.5 Å². The molecule has 0 heterocycles. The molecule has 0 aliphatic carbocycles. The average Bonchev–Trinajstić information content (AvgIpc) is 2.28. The summed E-state index contributed by atoms with van der Waals surface area (Å²) in [5.74, 6) is -0.797. The molecular formula is C11H13FN2O2. The van der Waals surface area contributed by atoms with Gasteiger partial charge in [0, 0.05) is 0 Å². The van der Waals surface area contributed by atoms with Crippen molar-refractivity contribution in [1.29, 1.82) is 0 Å². The number of carbonyl (C=O) groups is 1. The van der Waals surface area contributed by atoms with Crippen molar-refractivity contribution in [3.8, 4) is 0 Å². The van der Waals surface area contributed by atoms with Crippen LogP contribution in [0.3, 0.4) is 0 Å². The average molecular weight is 224 g/mol. The van der Waals surface area contributed by atoms with E-state index in [1.165, 1.54) is 31.2 Å². The summed E-state index contributed by atoms with van der Waals surface area (Å²) in [4.78, 5) is 11.2. The fourth-order valence-electron chi connectivity index (χ4n) is 0.954. The van der Waals surface area contributed by atoms with Crippen LogP contribution in [0.1, 0.15) is 13.8 Å². The van der Waals surface area contributed by atoms with Crippen LogP contribution >= 0.6 is 0 Å². The second-order valence-corrected chi connectivity index (χ2v) is 3.04. The van der Waals surface area contributed by atoms with Crippen molar-refractivity contribution in [2.75, 3.05) is 12.0 Å². The third-order valence-corrected chi connectivity index (χ3v) is 1.77. The van der Waals surface area contributed by atoms with E-state index in [4.69, 9.17) is 4.74 Å². The zero-order chi connectivity index (χ0) is 12.0. The minimum atomic E-state index is -0.475. The van der Waals surface area contributed by atoms with Crippen molar-refractivity contribution in [1.82, 2.24) is 0 Å². The predicted octanol–water partition coefficient (Wildman–Crippen LogP) is 2.18. The number of ether oxygens (including phenoxy) is 1. The van der Waals surface area contributed by atoms with Crippen LogP contribution in [0.4, 0.5) is 10.1 Å². The van der Waals surface area contributed by atoms with Crippen LogP contribution in [0.25, 0.3) is 0 Å². The van der Waals surface area contributed by atoms with Crippen LogP contribution < -0.4 is 5.43 Å². The van der Waals surface area contributed by atoms with Gasteiger partial charge in [0.15, 0.2) is 0 Å². The second kappa shape index (κ2) is 5.85. The molecule has 0 saturated heterocycles. The number of halogens is 1. The van der Waals surface area contributed by atoms with Gasteiger partial charge in [-0.2, -0.15) is 5.10 Å². The minimum absolute atomic E-state index is 0.214. The topological polar surface area (TPSA) is 50.7 Å². The molecular weight excluding hydrogens is 211 g/mol. The fraction of sp³-hybridized carbons (Fsp3) is 0.273. The SMILES string of the molecule is CCOC(=O)C(C)=NNc1ccc(F)cc1. The molecule has 0 bridgehead atoms. The first-order chi connectivity index (χ1) is 7.63. The monoisotopic (exact) mass is 224 g/mol. The van der Waals surface area contributed by atoms with E-state index in [0.29, 0.717) is 12.3 Å². The predicted molar refractivity (Wildman–Crippen MR) is 59.8 cm³/mol. The van der Waals surface area contributed by atoms with E-state index in [1.54, 1.807) is 6.92 Å². The van der Waals surface area contributed by atoms with Gasteiger partial charge in [-0.1, -0.05) is 0 Å². The smallest absolute Gasteiger partial charge is 0.354 e. The van der Waals surface area contributed by atoms with Gasteiger partial charge in [-0.3, -0.25) is 5.43 Å². The number of carbonyl (C=O) groups excluding carboxylic acids is 1. The van der Waals surface area contributed by atoms with Crippen molar-refractivity contribution >= 4 is 17.4 Å². The van der Waals surface area contributed by atoms with Crippen molar-refractivity contribution in [2.24, 2.45) is 5.10 Å². The highest BCUT2D eigenvalue weighted by Crippen LogP contribution is 2.07. The van der Waals surface area contributed by atoms with Crippen molar-refractivity contribution in [3.05, 3.63) is 30.1 Å². The van der Waals surface area contributed by atoms with E-state index >= 15 is 0 Å². The lowest BCUT2D eigenvalue weighted by atomic mass is 10.3. The minimum Gasteiger partial charge on any atom is -0.461 e. The molecule has 4 nitrogen and oxygen atoms in total. The first kappa shape index (κ1) is 12.2. The largest absolute Gasteiger partial charge is 0.461 e. The van der Waals surface area contributed by atoms with Crippen LogP contribution in [-0.4, -0.2) is 18.3 Å². The molecule has 0 atom stereocenters. The summed E-state index contributed by atoms with van der Waals surface area (Å²) in [7, 11) is 0. The van der Waals surface area contributed by atoms with Gasteiger partial charge in [0.25, 0.3) is 0 Å². The van der Waals surface area contributed by atoms with Gasteiger partial charge in [0.1, 0.15) is 11.5 Å². The highest BCUT2D eigenvalue weighted by molar-refractivity contribution is 6.35. The van der Waals surface area contributed by atoms with Gasteiger partial charge in [-0.25, -0.2) is 9.18 Å². The van der Waals surface area contributed by atoms with Crippen LogP contribution in [0.5, 0.6) is 0 Å². The van der Waals surface area contributed by atoms with E-state index in [1.807, 2.05) is 0 Å². The number of anilines is 1. The molecule has 1 aromatic rings. The molecule has 5 heteroatoms. The summed E-state index contributed by atoms with van der Waals surface area (Å²) in [6, 6.07) is 5.66. The molecule has 0 fully saturated rings. The summed E-state index contributed by atoms with van der Waals surface area (Å²) in [6.45, 7) is 3.56. The van der Waals surface area contributed by atoms with Gasteiger partial charge in [-0.05, 0) is 38.1 Å². The van der Waals surface area contributed by atoms with E-state index < -0.39 is 5.97 Å². The summed E-state index contributed by atoms with van der Waals surface area (Å²) in [5, 5.41) is 3.81. The molecule has 16 heavy (non-hydrogen) atoms. The number of hydrogen-bond donors (Lipinski definition) is 1. The Bertz CT molecular complexity index is 387. The first-order valence-corrected chi connectivity index (χ1v) is 4.86. The molecule has 1 aromatic carbocycles. The maximum absolute atomic E-state index is 12.6. The van der Waals surface area contributed by atoms with Gasteiger partial charge in [0.2, 0.25) is 0 Å². The normalized spacial score (nSPS) is 11.1. The maximum Gasteiger partial charge on any atom is 0.354 e. The molecule has 1 N–H and O–H groups in total. The van der Waals surface area contributed by atoms with Crippen LogP contribution in [0.2, 0.25) is 0 Å². The molecule has 0 radical (unpaired) electrons. The maximum atomic E-state index is 12.6. The number of nitrogens with zero attached hydrogens (tertiary/aromatic N) is 1. The molecule has 0 aromatic heterocycles. The third kappa shape index (κ3) is 3.68. The number of hydrazone groups is 1. The zero-order valence-electron chi connectivity index (χ0n) is 9.16. The lowest BCUT2D eigenvalue weighted by Gasteiger charge is -2.02. The van der Waals surface area contributed by atoms with Crippen molar-refractivity contribution in [2.45, 2.75) is 13.8 Å². The molecule has 0 spiro atoms. The van der Waals surface area contributed by atoms with Gasteiger partial charge < -0.3 is 4.74 Å². The van der Waals surface area contributed by atoms with Crippen molar-refractivity contribution < 1.29 is 13.9 Å². The van der Waals surface area contributed by atoms with Crippen molar-refractivity contribution in [3.63, 3.8) is 0 Å². The Hall–Kier alpha value is -1.91. The molecule has 0 saturated carbocycles. The van der Waals surface area contributed by atoms with E-state index in [2.05, 4.69) is 10.5 Å². The number of rotatable bonds is 4. The molecule has 0 aliphatic heterocycles. The first-order valence-electron chi connectivity index (χ1n) is 4.86. The Kier molecular flexibility index (Phi) is 4.44. The van der Waals surface area contributed by atoms with Gasteiger partial charge in [0.05, 0.1) is 12.3 Å². The quantitative estimate of drug-likeness (QED) is 0.484. The van der Waals surface area contributed by atoms with Gasteiger partial charge >= 0.3 is 5.97 Å². The Labute approximate surface area is 93.1 Å². The lowest BCUT2D eigenvalue weighted by molar-refractivity contribution is -0.135. The number of esters is 1. The Balaban J connectivity index is 2.58. The standard InChI is InChI=1S/C11H13FN2O2/c1-3-16-11(15)8(2)13-14-10-6-4-9(12)5-7-10/h4-7,14H,3H2,1-2H3.